The lowest BCUT2D eigenvalue weighted by Crippen LogP contribution is -2.44. The summed E-state index contributed by atoms with van der Waals surface area (Å²) in [4.78, 5) is 38.2. The maximum Gasteiger partial charge on any atom is 0.319 e. The summed E-state index contributed by atoms with van der Waals surface area (Å²) in [5, 5.41) is 15.8. The second-order valence-electron chi connectivity index (χ2n) is 7.67. The van der Waals surface area contributed by atoms with Crippen molar-refractivity contribution in [1.82, 2.24) is 5.32 Å². The van der Waals surface area contributed by atoms with E-state index in [2.05, 4.69) is 16.7 Å². The zero-order chi connectivity index (χ0) is 24.8. The number of rotatable bonds is 7. The van der Waals surface area contributed by atoms with Crippen molar-refractivity contribution in [2.24, 2.45) is 5.92 Å². The van der Waals surface area contributed by atoms with Crippen LogP contribution in [0.25, 0.3) is 0 Å². The fourth-order valence-corrected chi connectivity index (χ4v) is 4.75. The highest BCUT2D eigenvalue weighted by Gasteiger charge is 2.45. The van der Waals surface area contributed by atoms with E-state index in [0.29, 0.717) is 11.3 Å². The molecular weight excluding hydrogens is 454 g/mol. The van der Waals surface area contributed by atoms with Crippen molar-refractivity contribution in [3.8, 4) is 11.8 Å². The quantitative estimate of drug-likeness (QED) is 0.461. The van der Waals surface area contributed by atoms with Crippen molar-refractivity contribution in [1.29, 1.82) is 5.26 Å². The third-order valence-corrected chi connectivity index (χ3v) is 6.57. The lowest BCUT2D eigenvalue weighted by atomic mass is 9.78. The molecule has 2 N–H and O–H groups in total. The molecule has 0 aliphatic carbocycles. The van der Waals surface area contributed by atoms with Gasteiger partial charge in [0.15, 0.2) is 0 Å². The Hall–Kier alpha value is -3.77. The first-order valence-corrected chi connectivity index (χ1v) is 11.5. The molecule has 176 valence electrons. The maximum atomic E-state index is 13.0. The van der Waals surface area contributed by atoms with E-state index in [1.165, 1.54) is 14.2 Å². The second-order valence-corrected chi connectivity index (χ2v) is 8.65. The number of carbonyl (C=O) groups excluding carboxylic acids is 3. The highest BCUT2D eigenvalue weighted by atomic mass is 32.2. The molecule has 0 fully saturated rings. The second kappa shape index (κ2) is 10.9. The van der Waals surface area contributed by atoms with Crippen LogP contribution in [-0.4, -0.2) is 37.8 Å². The number of para-hydroxylation sites is 2. The molecule has 0 radical (unpaired) electrons. The summed E-state index contributed by atoms with van der Waals surface area (Å²) in [6.45, 7) is 3.80. The summed E-state index contributed by atoms with van der Waals surface area (Å²) in [6, 6.07) is 14.7. The Bertz CT molecular complexity index is 1180. The molecule has 1 heterocycles. The Morgan fingerprint density at radius 3 is 2.41 bits per heavy atom. The number of aryl methyl sites for hydroxylation is 2. The first-order valence-electron chi connectivity index (χ1n) is 10.5. The number of hydrogen-bond acceptors (Lipinski definition) is 7. The SMILES string of the molecule is COC(=O)C1C(=O)NC(SCC(=O)Nc2c(C)cccc2C)=C(C#N)C1c1ccccc1OC. The molecule has 2 aromatic carbocycles. The lowest BCUT2D eigenvalue weighted by Gasteiger charge is -2.31. The molecule has 0 aromatic heterocycles. The molecule has 0 bridgehead atoms. The van der Waals surface area contributed by atoms with Crippen LogP contribution in [0.1, 0.15) is 22.6 Å². The summed E-state index contributed by atoms with van der Waals surface area (Å²) in [6.07, 6.45) is 0. The van der Waals surface area contributed by atoms with Crippen molar-refractivity contribution >= 4 is 35.2 Å². The molecule has 2 amide bonds. The van der Waals surface area contributed by atoms with Gasteiger partial charge in [0, 0.05) is 17.2 Å². The molecule has 9 heteroatoms. The van der Waals surface area contributed by atoms with Crippen LogP contribution in [0.4, 0.5) is 5.69 Å². The minimum absolute atomic E-state index is 0.0455. The van der Waals surface area contributed by atoms with Gasteiger partial charge in [-0.25, -0.2) is 0 Å². The molecule has 1 aliphatic heterocycles. The zero-order valence-electron chi connectivity index (χ0n) is 19.3. The summed E-state index contributed by atoms with van der Waals surface area (Å²) >= 11 is 1.03. The monoisotopic (exact) mass is 479 g/mol. The summed E-state index contributed by atoms with van der Waals surface area (Å²) < 4.78 is 10.3. The average molecular weight is 480 g/mol. The number of ether oxygens (including phenoxy) is 2. The smallest absolute Gasteiger partial charge is 0.319 e. The Morgan fingerprint density at radius 2 is 1.79 bits per heavy atom. The third-order valence-electron chi connectivity index (χ3n) is 5.55. The minimum Gasteiger partial charge on any atom is -0.496 e. The standard InChI is InChI=1S/C25H25N3O5S/c1-14-8-7-9-15(2)22(14)27-19(29)13-34-24-17(12-26)20(16-10-5-6-11-18(16)32-3)21(23(30)28-24)25(31)33-4/h5-11,20-21H,13H2,1-4H3,(H,27,29)(H,28,30). The zero-order valence-corrected chi connectivity index (χ0v) is 20.1. The number of hydrogen-bond donors (Lipinski definition) is 2. The van der Waals surface area contributed by atoms with Gasteiger partial charge in [0.2, 0.25) is 11.8 Å². The minimum atomic E-state index is -1.27. The molecule has 2 unspecified atom stereocenters. The molecule has 2 atom stereocenters. The summed E-state index contributed by atoms with van der Waals surface area (Å²) in [7, 11) is 2.66. The number of anilines is 1. The predicted molar refractivity (Wildman–Crippen MR) is 129 cm³/mol. The van der Waals surface area contributed by atoms with Gasteiger partial charge in [0.05, 0.1) is 36.6 Å². The predicted octanol–water partition coefficient (Wildman–Crippen LogP) is 3.42. The number of nitrogens with one attached hydrogen (secondary N) is 2. The van der Waals surface area contributed by atoms with Gasteiger partial charge in [-0.15, -0.1) is 0 Å². The van der Waals surface area contributed by atoms with Gasteiger partial charge >= 0.3 is 5.97 Å². The van der Waals surface area contributed by atoms with Crippen molar-refractivity contribution in [3.63, 3.8) is 0 Å². The van der Waals surface area contributed by atoms with Crippen LogP contribution >= 0.6 is 11.8 Å². The van der Waals surface area contributed by atoms with Gasteiger partial charge in [-0.1, -0.05) is 48.2 Å². The number of esters is 1. The van der Waals surface area contributed by atoms with Crippen LogP contribution in [0.15, 0.2) is 53.1 Å². The molecule has 3 rings (SSSR count). The first kappa shape index (κ1) is 24.9. The molecule has 1 aliphatic rings. The Labute approximate surface area is 202 Å². The number of methoxy groups -OCH3 is 2. The van der Waals surface area contributed by atoms with Gasteiger partial charge in [-0.2, -0.15) is 5.26 Å². The molecule has 0 spiro atoms. The molecular formula is C25H25N3O5S. The Kier molecular flexibility index (Phi) is 7.97. The third kappa shape index (κ3) is 5.07. The number of thioether (sulfide) groups is 1. The molecule has 8 nitrogen and oxygen atoms in total. The lowest BCUT2D eigenvalue weighted by molar-refractivity contribution is -0.150. The molecule has 0 saturated carbocycles. The first-order chi connectivity index (χ1) is 16.3. The fraction of sp³-hybridized carbons (Fsp3) is 0.280. The summed E-state index contributed by atoms with van der Waals surface area (Å²) in [5.41, 5.74) is 3.25. The van der Waals surface area contributed by atoms with Crippen LogP contribution in [0.5, 0.6) is 5.75 Å². The van der Waals surface area contributed by atoms with Crippen molar-refractivity contribution in [2.45, 2.75) is 19.8 Å². The average Bonchev–Trinajstić information content (AvgIpc) is 2.84. The van der Waals surface area contributed by atoms with E-state index in [-0.39, 0.29) is 22.3 Å². The number of nitriles is 1. The van der Waals surface area contributed by atoms with Crippen LogP contribution in [0.3, 0.4) is 0 Å². The van der Waals surface area contributed by atoms with Gasteiger partial charge in [-0.05, 0) is 31.0 Å². The largest absolute Gasteiger partial charge is 0.496 e. The van der Waals surface area contributed by atoms with E-state index in [0.717, 1.165) is 28.6 Å². The van der Waals surface area contributed by atoms with E-state index >= 15 is 0 Å². The Balaban J connectivity index is 1.95. The van der Waals surface area contributed by atoms with Crippen molar-refractivity contribution < 1.29 is 23.9 Å². The van der Waals surface area contributed by atoms with E-state index in [9.17, 15) is 19.6 Å². The normalized spacial score (nSPS) is 17.4. The van der Waals surface area contributed by atoms with Crippen molar-refractivity contribution in [3.05, 3.63) is 69.8 Å². The molecule has 0 saturated heterocycles. The van der Waals surface area contributed by atoms with Crippen LogP contribution in [-0.2, 0) is 19.1 Å². The van der Waals surface area contributed by atoms with Gasteiger partial charge in [0.25, 0.3) is 0 Å². The number of carbonyl (C=O) groups is 3. The fourth-order valence-electron chi connectivity index (χ4n) is 3.90. The number of nitrogens with zero attached hydrogens (tertiary/aromatic N) is 1. The van der Waals surface area contributed by atoms with E-state index in [4.69, 9.17) is 9.47 Å². The summed E-state index contributed by atoms with van der Waals surface area (Å²) in [5.74, 6) is -3.48. The van der Waals surface area contributed by atoms with Gasteiger partial charge < -0.3 is 20.1 Å². The van der Waals surface area contributed by atoms with E-state index in [1.807, 2.05) is 32.0 Å². The van der Waals surface area contributed by atoms with Gasteiger partial charge in [0.1, 0.15) is 11.7 Å². The number of benzene rings is 2. The topological polar surface area (TPSA) is 118 Å². The number of allylic oxidation sites excluding steroid dienone is 1. The highest BCUT2D eigenvalue weighted by molar-refractivity contribution is 8.03. The number of amides is 2. The van der Waals surface area contributed by atoms with E-state index < -0.39 is 23.7 Å². The van der Waals surface area contributed by atoms with E-state index in [1.54, 1.807) is 24.3 Å². The van der Waals surface area contributed by atoms with Crippen LogP contribution in [0, 0.1) is 31.1 Å². The van der Waals surface area contributed by atoms with Crippen molar-refractivity contribution in [2.75, 3.05) is 25.3 Å². The van der Waals surface area contributed by atoms with Crippen LogP contribution in [0.2, 0.25) is 0 Å². The highest BCUT2D eigenvalue weighted by Crippen LogP contribution is 2.43. The van der Waals surface area contributed by atoms with Gasteiger partial charge in [-0.3, -0.25) is 14.4 Å². The van der Waals surface area contributed by atoms with Crippen LogP contribution < -0.4 is 15.4 Å². The Morgan fingerprint density at radius 1 is 1.12 bits per heavy atom. The molecule has 34 heavy (non-hydrogen) atoms. The maximum absolute atomic E-state index is 13.0. The molecule has 2 aromatic rings.